The summed E-state index contributed by atoms with van der Waals surface area (Å²) in [6.07, 6.45) is 3.73. The van der Waals surface area contributed by atoms with Crippen molar-refractivity contribution < 1.29 is 9.21 Å². The highest BCUT2D eigenvalue weighted by atomic mass is 16.3. The lowest BCUT2D eigenvalue weighted by Crippen LogP contribution is -2.38. The number of nitrogens with one attached hydrogen (secondary N) is 1. The summed E-state index contributed by atoms with van der Waals surface area (Å²) < 4.78 is 5.45. The third-order valence-electron chi connectivity index (χ3n) is 4.02. The van der Waals surface area contributed by atoms with Crippen molar-refractivity contribution in [2.75, 3.05) is 13.1 Å². The highest BCUT2D eigenvalue weighted by Gasteiger charge is 2.26. The second-order valence-electron chi connectivity index (χ2n) is 5.41. The van der Waals surface area contributed by atoms with Gasteiger partial charge >= 0.3 is 0 Å². The first-order chi connectivity index (χ1) is 9.65. The Labute approximate surface area is 118 Å². The maximum atomic E-state index is 12.5. The highest BCUT2D eigenvalue weighted by Crippen LogP contribution is 2.27. The van der Waals surface area contributed by atoms with Crippen LogP contribution >= 0.6 is 0 Å². The molecule has 1 N–H and O–H groups in total. The number of hydrogen-bond acceptors (Lipinski definition) is 3. The molecule has 1 fully saturated rings. The van der Waals surface area contributed by atoms with E-state index in [0.717, 1.165) is 31.7 Å². The number of nitrogens with zero attached hydrogens (tertiary/aromatic N) is 2. The Morgan fingerprint density at radius 3 is 2.70 bits per heavy atom. The number of carbonyl (C=O) groups is 1. The van der Waals surface area contributed by atoms with Crippen LogP contribution in [0.15, 0.2) is 22.7 Å². The Bertz CT molecular complexity index is 593. The van der Waals surface area contributed by atoms with E-state index in [1.165, 1.54) is 5.69 Å². The summed E-state index contributed by atoms with van der Waals surface area (Å²) in [6.45, 7) is 5.28. The van der Waals surface area contributed by atoms with E-state index in [-0.39, 0.29) is 5.91 Å². The van der Waals surface area contributed by atoms with Gasteiger partial charge in [0, 0.05) is 30.9 Å². The molecule has 0 unspecified atom stereocenters. The number of rotatable bonds is 2. The zero-order chi connectivity index (χ0) is 14.1. The predicted molar refractivity (Wildman–Crippen MR) is 74.6 cm³/mol. The van der Waals surface area contributed by atoms with E-state index >= 15 is 0 Å². The monoisotopic (exact) mass is 273 g/mol. The normalized spacial score (nSPS) is 16.6. The minimum atomic E-state index is 0.0856. The molecule has 1 aliphatic rings. The van der Waals surface area contributed by atoms with Crippen molar-refractivity contribution >= 4 is 5.91 Å². The molecule has 0 radical (unpaired) electrons. The van der Waals surface area contributed by atoms with Gasteiger partial charge in [0.15, 0.2) is 0 Å². The van der Waals surface area contributed by atoms with Gasteiger partial charge in [-0.25, -0.2) is 0 Å². The number of carbonyl (C=O) groups excluding carboxylic acids is 1. The number of furan rings is 1. The minimum absolute atomic E-state index is 0.0856. The number of amides is 1. The molecule has 1 aliphatic heterocycles. The maximum absolute atomic E-state index is 12.5. The molecule has 2 aromatic heterocycles. The largest absolute Gasteiger partial charge is 0.466 e. The van der Waals surface area contributed by atoms with Gasteiger partial charge < -0.3 is 9.32 Å². The molecule has 5 nitrogen and oxygen atoms in total. The molecule has 1 saturated heterocycles. The summed E-state index contributed by atoms with van der Waals surface area (Å²) in [7, 11) is 0. The molecule has 20 heavy (non-hydrogen) atoms. The van der Waals surface area contributed by atoms with Crippen molar-refractivity contribution in [1.82, 2.24) is 15.1 Å². The average molecular weight is 273 g/mol. The van der Waals surface area contributed by atoms with Crippen LogP contribution < -0.4 is 0 Å². The van der Waals surface area contributed by atoms with Gasteiger partial charge in [-0.15, -0.1) is 0 Å². The molecule has 3 rings (SSSR count). The average Bonchev–Trinajstić information content (AvgIpc) is 3.08. The van der Waals surface area contributed by atoms with Crippen LogP contribution in [-0.4, -0.2) is 34.1 Å². The fourth-order valence-corrected chi connectivity index (χ4v) is 2.90. The van der Waals surface area contributed by atoms with Crippen molar-refractivity contribution in [3.8, 4) is 0 Å². The lowest BCUT2D eigenvalue weighted by molar-refractivity contribution is 0.0710. The lowest BCUT2D eigenvalue weighted by atomic mass is 9.93. The zero-order valence-electron chi connectivity index (χ0n) is 11.8. The summed E-state index contributed by atoms with van der Waals surface area (Å²) in [5, 5.41) is 7.02. The summed E-state index contributed by atoms with van der Waals surface area (Å²) in [4.78, 5) is 14.4. The number of aromatic nitrogens is 2. The van der Waals surface area contributed by atoms with Crippen molar-refractivity contribution in [3.05, 3.63) is 41.1 Å². The highest BCUT2D eigenvalue weighted by molar-refractivity contribution is 5.95. The molecule has 0 bridgehead atoms. The molecule has 0 aliphatic carbocycles. The fourth-order valence-electron chi connectivity index (χ4n) is 2.90. The van der Waals surface area contributed by atoms with Gasteiger partial charge in [-0.1, -0.05) is 0 Å². The van der Waals surface area contributed by atoms with Crippen LogP contribution in [0, 0.1) is 13.8 Å². The third kappa shape index (κ3) is 2.35. The maximum Gasteiger partial charge on any atom is 0.257 e. The Kier molecular flexibility index (Phi) is 3.34. The van der Waals surface area contributed by atoms with Crippen LogP contribution in [0.25, 0.3) is 0 Å². The number of hydrogen-bond donors (Lipinski definition) is 1. The first-order valence-electron chi connectivity index (χ1n) is 7.00. The lowest BCUT2D eigenvalue weighted by Gasteiger charge is -2.31. The van der Waals surface area contributed by atoms with Crippen LogP contribution in [0.1, 0.15) is 46.3 Å². The van der Waals surface area contributed by atoms with E-state index in [2.05, 4.69) is 10.2 Å². The molecule has 0 aromatic carbocycles. The molecular formula is C15H19N3O2. The van der Waals surface area contributed by atoms with Gasteiger partial charge in [0.1, 0.15) is 11.5 Å². The summed E-state index contributed by atoms with van der Waals surface area (Å²) in [5.41, 5.74) is 1.87. The van der Waals surface area contributed by atoms with Crippen LogP contribution in [0.2, 0.25) is 0 Å². The van der Waals surface area contributed by atoms with Crippen molar-refractivity contribution in [1.29, 1.82) is 0 Å². The summed E-state index contributed by atoms with van der Waals surface area (Å²) in [6, 6.07) is 3.85. The summed E-state index contributed by atoms with van der Waals surface area (Å²) in [5.74, 6) is 2.07. The second-order valence-corrected chi connectivity index (χ2v) is 5.41. The van der Waals surface area contributed by atoms with Crippen molar-refractivity contribution in [3.63, 3.8) is 0 Å². The van der Waals surface area contributed by atoms with Gasteiger partial charge in [-0.2, -0.15) is 5.10 Å². The molecule has 5 heteroatoms. The topological polar surface area (TPSA) is 62.1 Å². The Morgan fingerprint density at radius 1 is 1.40 bits per heavy atom. The summed E-state index contributed by atoms with van der Waals surface area (Å²) >= 11 is 0. The molecule has 0 spiro atoms. The molecule has 3 heterocycles. The van der Waals surface area contributed by atoms with Gasteiger partial charge in [0.05, 0.1) is 5.56 Å². The Hall–Kier alpha value is -2.04. The Balaban J connectivity index is 1.66. The van der Waals surface area contributed by atoms with E-state index in [1.807, 2.05) is 30.9 Å². The van der Waals surface area contributed by atoms with Gasteiger partial charge in [0.2, 0.25) is 0 Å². The number of aryl methyl sites for hydroxylation is 2. The number of likely N-dealkylation sites (tertiary alicyclic amines) is 1. The van der Waals surface area contributed by atoms with Crippen molar-refractivity contribution in [2.45, 2.75) is 32.6 Å². The van der Waals surface area contributed by atoms with E-state index in [9.17, 15) is 4.79 Å². The molecular weight excluding hydrogens is 254 g/mol. The van der Waals surface area contributed by atoms with E-state index in [1.54, 1.807) is 6.20 Å². The molecule has 0 saturated carbocycles. The van der Waals surface area contributed by atoms with Crippen molar-refractivity contribution in [2.24, 2.45) is 0 Å². The number of piperidine rings is 1. The Morgan fingerprint density at radius 2 is 2.15 bits per heavy atom. The van der Waals surface area contributed by atoms with E-state index < -0.39 is 0 Å². The molecule has 0 atom stereocenters. The quantitative estimate of drug-likeness (QED) is 0.915. The second kappa shape index (κ2) is 5.15. The van der Waals surface area contributed by atoms with Crippen LogP contribution in [0.4, 0.5) is 0 Å². The standard InChI is InChI=1S/C15H19N3O2/c1-10-9-13(11(2)20-10)15(19)18-7-4-12(5-8-18)14-3-6-16-17-14/h3,6,9,12H,4-5,7-8H2,1-2H3,(H,16,17). The molecule has 1 amide bonds. The zero-order valence-corrected chi connectivity index (χ0v) is 11.8. The van der Waals surface area contributed by atoms with E-state index in [4.69, 9.17) is 4.42 Å². The third-order valence-corrected chi connectivity index (χ3v) is 4.02. The van der Waals surface area contributed by atoms with Crippen LogP contribution in [-0.2, 0) is 0 Å². The fraction of sp³-hybridized carbons (Fsp3) is 0.467. The van der Waals surface area contributed by atoms with Gasteiger partial charge in [0.25, 0.3) is 5.91 Å². The number of H-pyrrole nitrogens is 1. The minimum Gasteiger partial charge on any atom is -0.466 e. The van der Waals surface area contributed by atoms with Gasteiger partial charge in [-0.3, -0.25) is 9.89 Å². The predicted octanol–water partition coefficient (Wildman–Crippen LogP) is 2.64. The number of aromatic amines is 1. The van der Waals surface area contributed by atoms with Crippen LogP contribution in [0.3, 0.4) is 0 Å². The first-order valence-corrected chi connectivity index (χ1v) is 7.00. The smallest absolute Gasteiger partial charge is 0.257 e. The first kappa shape index (κ1) is 13.0. The van der Waals surface area contributed by atoms with Gasteiger partial charge in [-0.05, 0) is 38.8 Å². The SMILES string of the molecule is Cc1cc(C(=O)N2CCC(c3ccn[nH]3)CC2)c(C)o1. The molecule has 2 aromatic rings. The van der Waals surface area contributed by atoms with E-state index in [0.29, 0.717) is 17.2 Å². The van der Waals surface area contributed by atoms with Crippen LogP contribution in [0.5, 0.6) is 0 Å². The molecule has 106 valence electrons.